The maximum Gasteiger partial charge on any atom is 0.295 e. The number of ether oxygens (including phenoxy) is 1. The number of methoxy groups -OCH3 is 1. The third-order valence-corrected chi connectivity index (χ3v) is 4.84. The quantitative estimate of drug-likeness (QED) is 0.615. The normalized spacial score (nSPS) is 10.7. The molecule has 0 fully saturated rings. The second kappa shape index (κ2) is 8.74. The Kier molecular flexibility index (Phi) is 6.14. The zero-order chi connectivity index (χ0) is 20.1. The first kappa shape index (κ1) is 19.7. The summed E-state index contributed by atoms with van der Waals surface area (Å²) in [6.45, 7) is 4.90. The Hall–Kier alpha value is -3.08. The molecular formula is C23H27N3O2. The predicted molar refractivity (Wildman–Crippen MR) is 115 cm³/mol. The molecule has 0 N–H and O–H groups in total. The Morgan fingerprint density at radius 1 is 1.07 bits per heavy atom. The van der Waals surface area contributed by atoms with E-state index in [1.54, 1.807) is 7.11 Å². The van der Waals surface area contributed by atoms with Gasteiger partial charge in [-0.15, -0.1) is 0 Å². The number of aryl methyl sites for hydroxylation is 1. The number of rotatable bonds is 7. The zero-order valence-electron chi connectivity index (χ0n) is 17.0. The highest BCUT2D eigenvalue weighted by molar-refractivity contribution is 5.65. The summed E-state index contributed by atoms with van der Waals surface area (Å²) in [4.78, 5) is 15.1. The van der Waals surface area contributed by atoms with Crippen LogP contribution in [0.5, 0.6) is 5.75 Å². The van der Waals surface area contributed by atoms with Gasteiger partial charge in [0.1, 0.15) is 11.4 Å². The van der Waals surface area contributed by atoms with Gasteiger partial charge in [-0.3, -0.25) is 4.79 Å². The predicted octanol–water partition coefficient (Wildman–Crippen LogP) is 4.32. The van der Waals surface area contributed by atoms with Gasteiger partial charge in [0.05, 0.1) is 18.5 Å². The Bertz CT molecular complexity index is 1010. The van der Waals surface area contributed by atoms with Crippen LogP contribution in [0.2, 0.25) is 0 Å². The molecule has 0 atom stereocenters. The monoisotopic (exact) mass is 377 g/mol. The molecule has 0 saturated carbocycles. The van der Waals surface area contributed by atoms with E-state index in [1.165, 1.54) is 10.2 Å². The van der Waals surface area contributed by atoms with Gasteiger partial charge < -0.3 is 9.64 Å². The summed E-state index contributed by atoms with van der Waals surface area (Å²) < 4.78 is 6.86. The van der Waals surface area contributed by atoms with Crippen LogP contribution in [0.15, 0.2) is 59.4 Å². The maximum atomic E-state index is 13.2. The molecule has 0 aliphatic heterocycles. The summed E-state index contributed by atoms with van der Waals surface area (Å²) >= 11 is 0. The fourth-order valence-corrected chi connectivity index (χ4v) is 3.16. The van der Waals surface area contributed by atoms with Crippen LogP contribution in [0.25, 0.3) is 16.9 Å². The van der Waals surface area contributed by atoms with E-state index in [4.69, 9.17) is 4.74 Å². The van der Waals surface area contributed by atoms with Gasteiger partial charge in [-0.05, 0) is 49.2 Å². The fourth-order valence-electron chi connectivity index (χ4n) is 3.16. The van der Waals surface area contributed by atoms with E-state index in [0.717, 1.165) is 42.1 Å². The van der Waals surface area contributed by atoms with E-state index >= 15 is 0 Å². The SMILES string of the molecule is CCCc1cccc(-n2nc(-c3cccc(OC)c3)cc(N(C)CC)c2=O)c1. The average Bonchev–Trinajstić information content (AvgIpc) is 2.74. The summed E-state index contributed by atoms with van der Waals surface area (Å²) in [5, 5.41) is 4.69. The first-order valence-corrected chi connectivity index (χ1v) is 9.66. The molecule has 0 amide bonds. The molecule has 3 rings (SSSR count). The van der Waals surface area contributed by atoms with Gasteiger partial charge >= 0.3 is 0 Å². The maximum absolute atomic E-state index is 13.2. The van der Waals surface area contributed by atoms with Crippen LogP contribution in [0, 0.1) is 0 Å². The van der Waals surface area contributed by atoms with Crippen molar-refractivity contribution in [2.75, 3.05) is 25.6 Å². The van der Waals surface area contributed by atoms with Crippen molar-refractivity contribution in [1.82, 2.24) is 9.78 Å². The van der Waals surface area contributed by atoms with Crippen LogP contribution in [-0.2, 0) is 6.42 Å². The highest BCUT2D eigenvalue weighted by atomic mass is 16.5. The third-order valence-electron chi connectivity index (χ3n) is 4.84. The van der Waals surface area contributed by atoms with Crippen LogP contribution in [0.4, 0.5) is 5.69 Å². The topological polar surface area (TPSA) is 47.4 Å². The zero-order valence-corrected chi connectivity index (χ0v) is 17.0. The molecule has 0 aliphatic carbocycles. The van der Waals surface area contributed by atoms with Crippen molar-refractivity contribution >= 4 is 5.69 Å². The van der Waals surface area contributed by atoms with Gasteiger partial charge in [-0.2, -0.15) is 9.78 Å². The molecule has 0 spiro atoms. The molecule has 3 aromatic rings. The minimum atomic E-state index is -0.121. The Balaban J connectivity index is 2.21. The molecule has 1 heterocycles. The Morgan fingerprint density at radius 3 is 2.57 bits per heavy atom. The number of nitrogens with zero attached hydrogens (tertiary/aromatic N) is 3. The van der Waals surface area contributed by atoms with Crippen molar-refractivity contribution in [2.45, 2.75) is 26.7 Å². The van der Waals surface area contributed by atoms with Crippen molar-refractivity contribution in [3.63, 3.8) is 0 Å². The van der Waals surface area contributed by atoms with Gasteiger partial charge in [-0.25, -0.2) is 0 Å². The molecule has 146 valence electrons. The number of hydrogen-bond acceptors (Lipinski definition) is 4. The molecule has 0 aliphatic rings. The molecule has 0 unspecified atom stereocenters. The van der Waals surface area contributed by atoms with Crippen molar-refractivity contribution in [3.8, 4) is 22.7 Å². The van der Waals surface area contributed by atoms with Crippen LogP contribution in [0.3, 0.4) is 0 Å². The number of hydrogen-bond donors (Lipinski definition) is 0. The van der Waals surface area contributed by atoms with Gasteiger partial charge in [0.2, 0.25) is 0 Å². The lowest BCUT2D eigenvalue weighted by atomic mass is 10.1. The van der Waals surface area contributed by atoms with Crippen molar-refractivity contribution in [1.29, 1.82) is 0 Å². The standard InChI is InChI=1S/C23H27N3O2/c1-5-9-17-10-7-12-19(14-17)26-23(27)22(25(3)6-2)16-21(24-26)18-11-8-13-20(15-18)28-4/h7-8,10-16H,5-6,9H2,1-4H3. The van der Waals surface area contributed by atoms with E-state index < -0.39 is 0 Å². The van der Waals surface area contributed by atoms with Crippen LogP contribution < -0.4 is 15.2 Å². The first-order valence-electron chi connectivity index (χ1n) is 9.66. The molecule has 5 nitrogen and oxygen atoms in total. The molecule has 0 radical (unpaired) electrons. The molecule has 2 aromatic carbocycles. The number of benzene rings is 2. The Labute approximate surface area is 166 Å². The van der Waals surface area contributed by atoms with E-state index in [-0.39, 0.29) is 5.56 Å². The second-order valence-corrected chi connectivity index (χ2v) is 6.80. The van der Waals surface area contributed by atoms with Crippen LogP contribution in [0.1, 0.15) is 25.8 Å². The summed E-state index contributed by atoms with van der Waals surface area (Å²) in [5.74, 6) is 0.757. The highest BCUT2D eigenvalue weighted by Crippen LogP contribution is 2.24. The second-order valence-electron chi connectivity index (χ2n) is 6.80. The lowest BCUT2D eigenvalue weighted by Crippen LogP contribution is -2.30. The fraction of sp³-hybridized carbons (Fsp3) is 0.304. The van der Waals surface area contributed by atoms with Gasteiger partial charge in [0.15, 0.2) is 0 Å². The summed E-state index contributed by atoms with van der Waals surface area (Å²) in [6.07, 6.45) is 2.03. The van der Waals surface area contributed by atoms with Crippen molar-refractivity contribution < 1.29 is 4.74 Å². The molecule has 1 aromatic heterocycles. The van der Waals surface area contributed by atoms with E-state index in [9.17, 15) is 4.79 Å². The third kappa shape index (κ3) is 4.09. The van der Waals surface area contributed by atoms with Crippen LogP contribution >= 0.6 is 0 Å². The van der Waals surface area contributed by atoms with Crippen molar-refractivity contribution in [3.05, 3.63) is 70.5 Å². The Morgan fingerprint density at radius 2 is 1.86 bits per heavy atom. The summed E-state index contributed by atoms with van der Waals surface area (Å²) in [7, 11) is 3.56. The lowest BCUT2D eigenvalue weighted by molar-refractivity contribution is 0.415. The number of anilines is 1. The van der Waals surface area contributed by atoms with Gasteiger partial charge in [0, 0.05) is 19.2 Å². The van der Waals surface area contributed by atoms with Crippen molar-refractivity contribution in [2.24, 2.45) is 0 Å². The van der Waals surface area contributed by atoms with Crippen LogP contribution in [-0.4, -0.2) is 30.5 Å². The highest BCUT2D eigenvalue weighted by Gasteiger charge is 2.14. The minimum Gasteiger partial charge on any atom is -0.497 e. The van der Waals surface area contributed by atoms with E-state index in [2.05, 4.69) is 18.1 Å². The van der Waals surface area contributed by atoms with Gasteiger partial charge in [-0.1, -0.05) is 37.6 Å². The molecule has 28 heavy (non-hydrogen) atoms. The average molecular weight is 377 g/mol. The molecule has 5 heteroatoms. The van der Waals surface area contributed by atoms with Gasteiger partial charge in [0.25, 0.3) is 5.56 Å². The molecular weight excluding hydrogens is 350 g/mol. The summed E-state index contributed by atoms with van der Waals surface area (Å²) in [5.41, 5.74) is 4.12. The largest absolute Gasteiger partial charge is 0.497 e. The first-order chi connectivity index (χ1) is 13.6. The molecule has 0 bridgehead atoms. The molecule has 0 saturated heterocycles. The number of aromatic nitrogens is 2. The summed E-state index contributed by atoms with van der Waals surface area (Å²) in [6, 6.07) is 17.6. The lowest BCUT2D eigenvalue weighted by Gasteiger charge is -2.19. The smallest absolute Gasteiger partial charge is 0.295 e. The minimum absolute atomic E-state index is 0.121. The van der Waals surface area contributed by atoms with E-state index in [1.807, 2.05) is 67.4 Å². The van der Waals surface area contributed by atoms with E-state index in [0.29, 0.717) is 5.69 Å².